The number of primary amides is 1. The zero-order valence-electron chi connectivity index (χ0n) is 11.4. The highest BCUT2D eigenvalue weighted by atomic mass is 35.5. The van der Waals surface area contributed by atoms with Gasteiger partial charge < -0.3 is 16.4 Å². The van der Waals surface area contributed by atoms with E-state index in [9.17, 15) is 9.59 Å². The van der Waals surface area contributed by atoms with E-state index < -0.39 is 6.03 Å². The predicted octanol–water partition coefficient (Wildman–Crippen LogP) is 3.41. The van der Waals surface area contributed by atoms with Gasteiger partial charge in [-0.05, 0) is 35.9 Å². The smallest absolute Gasteiger partial charge is 0.316 e. The molecular weight excluding hydrogens is 325 g/mol. The number of rotatable bonds is 4. The van der Waals surface area contributed by atoms with Gasteiger partial charge in [-0.2, -0.15) is 0 Å². The van der Waals surface area contributed by atoms with Crippen molar-refractivity contribution in [3.8, 4) is 0 Å². The first-order chi connectivity index (χ1) is 10.5. The Hall–Kier alpha value is -2.24. The van der Waals surface area contributed by atoms with Crippen LogP contribution < -0.4 is 16.4 Å². The molecule has 114 valence electrons. The number of carbonyl (C=O) groups excluding carboxylic acids is 2. The van der Waals surface area contributed by atoms with Crippen molar-refractivity contribution in [2.45, 2.75) is 6.54 Å². The van der Waals surface area contributed by atoms with Crippen LogP contribution in [0.3, 0.4) is 0 Å². The summed E-state index contributed by atoms with van der Waals surface area (Å²) in [6, 6.07) is 10.8. The van der Waals surface area contributed by atoms with E-state index in [0.717, 1.165) is 5.56 Å². The number of nitrogens with one attached hydrogen (secondary N) is 2. The Kier molecular flexibility index (Phi) is 5.25. The van der Waals surface area contributed by atoms with Gasteiger partial charge in [0, 0.05) is 27.8 Å². The number of anilines is 1. The minimum absolute atomic E-state index is 0.266. The summed E-state index contributed by atoms with van der Waals surface area (Å²) in [5.41, 5.74) is 6.64. The quantitative estimate of drug-likeness (QED) is 0.798. The number of hydrogen-bond acceptors (Lipinski definition) is 2. The summed E-state index contributed by atoms with van der Waals surface area (Å²) in [6.07, 6.45) is 0. The Morgan fingerprint density at radius 1 is 1.09 bits per heavy atom. The molecule has 2 aromatic carbocycles. The zero-order chi connectivity index (χ0) is 16.1. The fourth-order valence-electron chi connectivity index (χ4n) is 1.82. The van der Waals surface area contributed by atoms with E-state index in [1.54, 1.807) is 36.4 Å². The minimum Gasteiger partial charge on any atom is -0.351 e. The standard InChI is InChI=1S/C15H13Cl2N3O2/c16-11-5-4-10(13(17)7-11)8-19-14(21)9-2-1-3-12(6-9)20-15(18)22/h1-7H,8H2,(H,19,21)(H3,18,20,22). The molecule has 0 aliphatic heterocycles. The molecule has 2 aromatic rings. The Bertz CT molecular complexity index is 720. The van der Waals surface area contributed by atoms with Gasteiger partial charge in [0.1, 0.15) is 0 Å². The third kappa shape index (κ3) is 4.38. The number of benzene rings is 2. The summed E-state index contributed by atoms with van der Waals surface area (Å²) in [4.78, 5) is 22.9. The second-order valence-electron chi connectivity index (χ2n) is 4.49. The van der Waals surface area contributed by atoms with Gasteiger partial charge in [-0.1, -0.05) is 35.3 Å². The van der Waals surface area contributed by atoms with E-state index in [-0.39, 0.29) is 12.5 Å². The number of halogens is 2. The van der Waals surface area contributed by atoms with Crippen molar-refractivity contribution in [2.24, 2.45) is 5.73 Å². The van der Waals surface area contributed by atoms with Crippen molar-refractivity contribution >= 4 is 40.8 Å². The SMILES string of the molecule is NC(=O)Nc1cccc(C(=O)NCc2ccc(Cl)cc2Cl)c1. The molecule has 0 fully saturated rings. The molecule has 4 N–H and O–H groups in total. The highest BCUT2D eigenvalue weighted by Crippen LogP contribution is 2.21. The summed E-state index contributed by atoms with van der Waals surface area (Å²) in [5, 5.41) is 6.17. The first kappa shape index (κ1) is 16.1. The lowest BCUT2D eigenvalue weighted by molar-refractivity contribution is 0.0951. The summed E-state index contributed by atoms with van der Waals surface area (Å²) in [6.45, 7) is 0.266. The van der Waals surface area contributed by atoms with Crippen LogP contribution in [0.4, 0.5) is 10.5 Å². The Balaban J connectivity index is 2.04. The molecule has 5 nitrogen and oxygen atoms in total. The molecule has 0 bridgehead atoms. The molecule has 7 heteroatoms. The molecule has 0 saturated heterocycles. The van der Waals surface area contributed by atoms with E-state index in [1.165, 1.54) is 6.07 Å². The maximum absolute atomic E-state index is 12.1. The van der Waals surface area contributed by atoms with Crippen LogP contribution in [0, 0.1) is 0 Å². The number of amides is 3. The molecular formula is C15H13Cl2N3O2. The van der Waals surface area contributed by atoms with Crippen molar-refractivity contribution in [1.29, 1.82) is 0 Å². The van der Waals surface area contributed by atoms with E-state index in [2.05, 4.69) is 10.6 Å². The molecule has 0 radical (unpaired) electrons. The summed E-state index contributed by atoms with van der Waals surface area (Å²) >= 11 is 11.9. The summed E-state index contributed by atoms with van der Waals surface area (Å²) in [5.74, 6) is -0.292. The van der Waals surface area contributed by atoms with Crippen molar-refractivity contribution in [2.75, 3.05) is 5.32 Å². The minimum atomic E-state index is -0.689. The number of nitrogens with two attached hydrogens (primary N) is 1. The van der Waals surface area contributed by atoms with Crippen LogP contribution in [0.15, 0.2) is 42.5 Å². The highest BCUT2D eigenvalue weighted by molar-refractivity contribution is 6.35. The largest absolute Gasteiger partial charge is 0.351 e. The number of carbonyl (C=O) groups is 2. The molecule has 0 aliphatic carbocycles. The first-order valence-corrected chi connectivity index (χ1v) is 7.10. The van der Waals surface area contributed by atoms with Crippen LogP contribution >= 0.6 is 23.2 Å². The molecule has 3 amide bonds. The van der Waals surface area contributed by atoms with Gasteiger partial charge in [-0.15, -0.1) is 0 Å². The topological polar surface area (TPSA) is 84.2 Å². The Morgan fingerprint density at radius 3 is 2.55 bits per heavy atom. The van der Waals surface area contributed by atoms with Gasteiger partial charge in [0.15, 0.2) is 0 Å². The maximum atomic E-state index is 12.1. The van der Waals surface area contributed by atoms with Crippen LogP contribution in [-0.2, 0) is 6.54 Å². The summed E-state index contributed by atoms with van der Waals surface area (Å²) in [7, 11) is 0. The highest BCUT2D eigenvalue weighted by Gasteiger charge is 2.08. The van der Waals surface area contributed by atoms with Gasteiger partial charge in [-0.3, -0.25) is 4.79 Å². The van der Waals surface area contributed by atoms with Crippen LogP contribution in [-0.4, -0.2) is 11.9 Å². The molecule has 0 aliphatic rings. The lowest BCUT2D eigenvalue weighted by Gasteiger charge is -2.09. The fourth-order valence-corrected chi connectivity index (χ4v) is 2.30. The molecule has 0 unspecified atom stereocenters. The van der Waals surface area contributed by atoms with E-state index in [1.807, 2.05) is 0 Å². The molecule has 0 atom stereocenters. The van der Waals surface area contributed by atoms with Gasteiger partial charge in [0.2, 0.25) is 0 Å². The zero-order valence-corrected chi connectivity index (χ0v) is 12.9. The van der Waals surface area contributed by atoms with E-state index >= 15 is 0 Å². The molecule has 0 aromatic heterocycles. The third-order valence-corrected chi connectivity index (χ3v) is 3.43. The molecule has 2 rings (SSSR count). The van der Waals surface area contributed by atoms with Gasteiger partial charge in [0.25, 0.3) is 5.91 Å². The van der Waals surface area contributed by atoms with Crippen LogP contribution in [0.5, 0.6) is 0 Å². The lowest BCUT2D eigenvalue weighted by atomic mass is 10.1. The van der Waals surface area contributed by atoms with Gasteiger partial charge in [0.05, 0.1) is 0 Å². The molecule has 0 spiro atoms. The Morgan fingerprint density at radius 2 is 1.86 bits per heavy atom. The van der Waals surface area contributed by atoms with Crippen LogP contribution in [0.25, 0.3) is 0 Å². The van der Waals surface area contributed by atoms with Crippen molar-refractivity contribution in [1.82, 2.24) is 5.32 Å². The molecule has 22 heavy (non-hydrogen) atoms. The fraction of sp³-hybridized carbons (Fsp3) is 0.0667. The lowest BCUT2D eigenvalue weighted by Crippen LogP contribution is -2.23. The average Bonchev–Trinajstić information content (AvgIpc) is 2.45. The number of hydrogen-bond donors (Lipinski definition) is 3. The van der Waals surface area contributed by atoms with Gasteiger partial charge >= 0.3 is 6.03 Å². The Labute approximate surface area is 137 Å². The second-order valence-corrected chi connectivity index (χ2v) is 5.33. The molecule has 0 heterocycles. The third-order valence-electron chi connectivity index (χ3n) is 2.85. The van der Waals surface area contributed by atoms with Gasteiger partial charge in [-0.25, -0.2) is 4.79 Å². The summed E-state index contributed by atoms with van der Waals surface area (Å²) < 4.78 is 0. The van der Waals surface area contributed by atoms with E-state index in [0.29, 0.717) is 21.3 Å². The van der Waals surface area contributed by atoms with Crippen molar-refractivity contribution in [3.05, 3.63) is 63.6 Å². The monoisotopic (exact) mass is 337 g/mol. The average molecular weight is 338 g/mol. The van der Waals surface area contributed by atoms with Crippen molar-refractivity contribution in [3.63, 3.8) is 0 Å². The molecule has 0 saturated carbocycles. The van der Waals surface area contributed by atoms with Crippen LogP contribution in [0.1, 0.15) is 15.9 Å². The van der Waals surface area contributed by atoms with Crippen molar-refractivity contribution < 1.29 is 9.59 Å². The number of urea groups is 1. The maximum Gasteiger partial charge on any atom is 0.316 e. The van der Waals surface area contributed by atoms with Crippen LogP contribution in [0.2, 0.25) is 10.0 Å². The normalized spacial score (nSPS) is 10.1. The second kappa shape index (κ2) is 7.15. The predicted molar refractivity (Wildman–Crippen MR) is 87.3 cm³/mol. The van der Waals surface area contributed by atoms with E-state index in [4.69, 9.17) is 28.9 Å². The first-order valence-electron chi connectivity index (χ1n) is 6.34.